The highest BCUT2D eigenvalue weighted by Crippen LogP contribution is 2.26. The van der Waals surface area contributed by atoms with Crippen molar-refractivity contribution in [3.05, 3.63) is 33.8 Å². The number of carbonyl (C=O) groups excluding carboxylic acids is 1. The molecule has 1 aliphatic heterocycles. The van der Waals surface area contributed by atoms with E-state index in [4.69, 9.17) is 23.2 Å². The minimum absolute atomic E-state index is 0.120. The minimum atomic E-state index is -0.391. The summed E-state index contributed by atoms with van der Waals surface area (Å²) < 4.78 is 0. The second kappa shape index (κ2) is 5.47. The summed E-state index contributed by atoms with van der Waals surface area (Å²) in [6, 6.07) is 4.87. The summed E-state index contributed by atoms with van der Waals surface area (Å²) in [6.07, 6.45) is 0.430. The lowest BCUT2D eigenvalue weighted by Crippen LogP contribution is -2.30. The molecule has 0 spiro atoms. The molecule has 0 aromatic heterocycles. The molecule has 2 atom stereocenters. The maximum absolute atomic E-state index is 12.3. The van der Waals surface area contributed by atoms with E-state index in [-0.39, 0.29) is 11.8 Å². The van der Waals surface area contributed by atoms with E-state index < -0.39 is 6.10 Å². The van der Waals surface area contributed by atoms with Crippen LogP contribution in [0.25, 0.3) is 0 Å². The summed E-state index contributed by atoms with van der Waals surface area (Å²) in [7, 11) is 0. The first kappa shape index (κ1) is 13.7. The van der Waals surface area contributed by atoms with Crippen LogP contribution in [0.2, 0.25) is 10.0 Å². The number of nitrogens with zero attached hydrogens (tertiary/aromatic N) is 1. The smallest absolute Gasteiger partial charge is 0.255 e. The van der Waals surface area contributed by atoms with Crippen molar-refractivity contribution >= 4 is 29.1 Å². The monoisotopic (exact) mass is 287 g/mol. The topological polar surface area (TPSA) is 40.5 Å². The Hall–Kier alpha value is -0.770. The first-order chi connectivity index (χ1) is 8.49. The van der Waals surface area contributed by atoms with Crippen molar-refractivity contribution in [1.82, 2.24) is 4.90 Å². The van der Waals surface area contributed by atoms with Gasteiger partial charge in [0.2, 0.25) is 0 Å². The first-order valence-electron chi connectivity index (χ1n) is 5.91. The third-order valence-corrected chi connectivity index (χ3v) is 3.92. The standard InChI is InChI=1S/C13H15Cl2NO2/c1-8(17)9-4-5-16(7-9)13(18)11-6-10(14)2-3-12(11)15/h2-3,6,8-9,17H,4-5,7H2,1H3. The van der Waals surface area contributed by atoms with Crippen molar-refractivity contribution in [3.8, 4) is 0 Å². The summed E-state index contributed by atoms with van der Waals surface area (Å²) in [5.41, 5.74) is 0.426. The molecule has 0 aliphatic carbocycles. The van der Waals surface area contributed by atoms with Crippen molar-refractivity contribution in [2.75, 3.05) is 13.1 Å². The lowest BCUT2D eigenvalue weighted by Gasteiger charge is -2.18. The molecule has 18 heavy (non-hydrogen) atoms. The van der Waals surface area contributed by atoms with Crippen molar-refractivity contribution < 1.29 is 9.90 Å². The Morgan fingerprint density at radius 3 is 2.83 bits per heavy atom. The Morgan fingerprint density at radius 1 is 1.50 bits per heavy atom. The number of rotatable bonds is 2. The van der Waals surface area contributed by atoms with Crippen molar-refractivity contribution in [3.63, 3.8) is 0 Å². The fourth-order valence-corrected chi connectivity index (χ4v) is 2.57. The molecule has 3 nitrogen and oxygen atoms in total. The van der Waals surface area contributed by atoms with E-state index in [0.29, 0.717) is 28.7 Å². The largest absolute Gasteiger partial charge is 0.393 e. The van der Waals surface area contributed by atoms with Gasteiger partial charge in [-0.05, 0) is 31.5 Å². The average Bonchev–Trinajstić information content (AvgIpc) is 2.81. The lowest BCUT2D eigenvalue weighted by atomic mass is 10.0. The molecule has 98 valence electrons. The van der Waals surface area contributed by atoms with Crippen LogP contribution in [0.4, 0.5) is 0 Å². The molecular weight excluding hydrogens is 273 g/mol. The SMILES string of the molecule is CC(O)C1CCN(C(=O)c2cc(Cl)ccc2Cl)C1. The number of aliphatic hydroxyl groups excluding tert-OH is 1. The molecule has 2 rings (SSSR count). The zero-order valence-corrected chi connectivity index (χ0v) is 11.6. The molecule has 1 aromatic rings. The number of hydrogen-bond acceptors (Lipinski definition) is 2. The molecule has 0 saturated carbocycles. The molecule has 0 bridgehead atoms. The Bertz CT molecular complexity index is 462. The number of halogens is 2. The molecule has 2 unspecified atom stereocenters. The van der Waals surface area contributed by atoms with Gasteiger partial charge in [0.1, 0.15) is 0 Å². The molecule has 1 heterocycles. The zero-order chi connectivity index (χ0) is 13.3. The summed E-state index contributed by atoms with van der Waals surface area (Å²) in [4.78, 5) is 14.0. The van der Waals surface area contributed by atoms with E-state index >= 15 is 0 Å². The molecule has 1 aromatic carbocycles. The highest BCUT2D eigenvalue weighted by Gasteiger charge is 2.30. The van der Waals surface area contributed by atoms with Crippen LogP contribution in [-0.2, 0) is 0 Å². The van der Waals surface area contributed by atoms with Gasteiger partial charge >= 0.3 is 0 Å². The summed E-state index contributed by atoms with van der Waals surface area (Å²) in [6.45, 7) is 2.97. The molecule has 0 radical (unpaired) electrons. The maximum atomic E-state index is 12.3. The van der Waals surface area contributed by atoms with Crippen LogP contribution in [0, 0.1) is 5.92 Å². The molecule has 1 amide bonds. The van der Waals surface area contributed by atoms with Gasteiger partial charge in [0.05, 0.1) is 16.7 Å². The average molecular weight is 288 g/mol. The predicted molar refractivity (Wildman–Crippen MR) is 72.2 cm³/mol. The van der Waals surface area contributed by atoms with E-state index in [1.54, 1.807) is 30.0 Å². The Balaban J connectivity index is 2.15. The van der Waals surface area contributed by atoms with Gasteiger partial charge in [-0.3, -0.25) is 4.79 Å². The number of aliphatic hydroxyl groups is 1. The summed E-state index contributed by atoms with van der Waals surface area (Å²) >= 11 is 11.9. The molecule has 1 fully saturated rings. The number of benzene rings is 1. The summed E-state index contributed by atoms with van der Waals surface area (Å²) in [5.74, 6) is 0.0255. The Labute approximate surface area is 116 Å². The number of carbonyl (C=O) groups is 1. The van der Waals surface area contributed by atoms with E-state index in [1.807, 2.05) is 0 Å². The molecule has 1 saturated heterocycles. The normalized spacial score (nSPS) is 21.1. The van der Waals surface area contributed by atoms with Gasteiger partial charge in [-0.2, -0.15) is 0 Å². The van der Waals surface area contributed by atoms with Crippen LogP contribution in [0.15, 0.2) is 18.2 Å². The lowest BCUT2D eigenvalue weighted by molar-refractivity contribution is 0.0762. The maximum Gasteiger partial charge on any atom is 0.255 e. The number of likely N-dealkylation sites (tertiary alicyclic amines) is 1. The van der Waals surface area contributed by atoms with Gasteiger partial charge in [-0.1, -0.05) is 23.2 Å². The molecular formula is C13H15Cl2NO2. The fraction of sp³-hybridized carbons (Fsp3) is 0.462. The van der Waals surface area contributed by atoms with Gasteiger partial charge in [-0.25, -0.2) is 0 Å². The molecule has 1 aliphatic rings. The second-order valence-electron chi connectivity index (χ2n) is 4.66. The van der Waals surface area contributed by atoms with Crippen molar-refractivity contribution in [1.29, 1.82) is 0 Å². The second-order valence-corrected chi connectivity index (χ2v) is 5.51. The van der Waals surface area contributed by atoms with Crippen LogP contribution in [0.1, 0.15) is 23.7 Å². The van der Waals surface area contributed by atoms with Crippen LogP contribution >= 0.6 is 23.2 Å². The third-order valence-electron chi connectivity index (χ3n) is 3.35. The van der Waals surface area contributed by atoms with Crippen LogP contribution in [0.5, 0.6) is 0 Å². The fourth-order valence-electron chi connectivity index (χ4n) is 2.20. The number of hydrogen-bond donors (Lipinski definition) is 1. The van der Waals surface area contributed by atoms with E-state index in [0.717, 1.165) is 6.42 Å². The van der Waals surface area contributed by atoms with Crippen LogP contribution in [-0.4, -0.2) is 35.1 Å². The number of amides is 1. The van der Waals surface area contributed by atoms with Crippen molar-refractivity contribution in [2.24, 2.45) is 5.92 Å². The van der Waals surface area contributed by atoms with Gasteiger partial charge in [0.25, 0.3) is 5.91 Å². The highest BCUT2D eigenvalue weighted by atomic mass is 35.5. The van der Waals surface area contributed by atoms with Crippen LogP contribution in [0.3, 0.4) is 0 Å². The van der Waals surface area contributed by atoms with Gasteiger partial charge in [0, 0.05) is 24.0 Å². The first-order valence-corrected chi connectivity index (χ1v) is 6.67. The highest BCUT2D eigenvalue weighted by molar-refractivity contribution is 6.35. The van der Waals surface area contributed by atoms with Crippen molar-refractivity contribution in [2.45, 2.75) is 19.4 Å². The Morgan fingerprint density at radius 2 is 2.22 bits per heavy atom. The minimum Gasteiger partial charge on any atom is -0.393 e. The molecule has 5 heteroatoms. The van der Waals surface area contributed by atoms with E-state index in [9.17, 15) is 9.90 Å². The van der Waals surface area contributed by atoms with Crippen LogP contribution < -0.4 is 0 Å². The quantitative estimate of drug-likeness (QED) is 0.909. The Kier molecular flexibility index (Phi) is 4.15. The van der Waals surface area contributed by atoms with Gasteiger partial charge in [0.15, 0.2) is 0 Å². The van der Waals surface area contributed by atoms with E-state index in [1.165, 1.54) is 0 Å². The zero-order valence-electron chi connectivity index (χ0n) is 10.1. The summed E-state index contributed by atoms with van der Waals surface area (Å²) in [5, 5.41) is 10.4. The van der Waals surface area contributed by atoms with E-state index in [2.05, 4.69) is 0 Å². The van der Waals surface area contributed by atoms with Gasteiger partial charge < -0.3 is 10.0 Å². The van der Waals surface area contributed by atoms with Gasteiger partial charge in [-0.15, -0.1) is 0 Å². The third kappa shape index (κ3) is 2.79. The predicted octanol–water partition coefficient (Wildman–Crippen LogP) is 2.84. The molecule has 1 N–H and O–H groups in total.